The van der Waals surface area contributed by atoms with Crippen LogP contribution in [0.3, 0.4) is 0 Å². The van der Waals surface area contributed by atoms with E-state index in [4.69, 9.17) is 9.47 Å². The summed E-state index contributed by atoms with van der Waals surface area (Å²) in [5.74, 6) is 0.870. The molecule has 0 aliphatic carbocycles. The maximum absolute atomic E-state index is 12.9. The fourth-order valence-corrected chi connectivity index (χ4v) is 3.04. The van der Waals surface area contributed by atoms with Crippen LogP contribution in [0.1, 0.15) is 18.9 Å². The molecule has 0 aliphatic heterocycles. The lowest BCUT2D eigenvalue weighted by Crippen LogP contribution is -2.49. The number of ether oxygens (including phenoxy) is 2. The van der Waals surface area contributed by atoms with Crippen LogP contribution in [0.5, 0.6) is 11.5 Å². The summed E-state index contributed by atoms with van der Waals surface area (Å²) in [5.41, 5.74) is 0.903. The van der Waals surface area contributed by atoms with Crippen LogP contribution in [0, 0.1) is 0 Å². The maximum atomic E-state index is 12.9. The minimum Gasteiger partial charge on any atom is -0.497 e. The van der Waals surface area contributed by atoms with Crippen LogP contribution in [-0.4, -0.2) is 43.5 Å². The molecule has 2 amide bonds. The quantitative estimate of drug-likeness (QED) is 0.638. The predicted octanol–water partition coefficient (Wildman–Crippen LogP) is 3.39. The monoisotopic (exact) mass is 448 g/mol. The fraction of sp³-hybridized carbons (Fsp3) is 0.333. The van der Waals surface area contributed by atoms with Crippen LogP contribution in [0.25, 0.3) is 0 Å². The number of likely N-dealkylation sites (N-methyl/N-ethyl adjacent to an activating group) is 1. The second-order valence-corrected chi connectivity index (χ2v) is 7.07. The van der Waals surface area contributed by atoms with Gasteiger partial charge in [-0.2, -0.15) is 0 Å². The van der Waals surface area contributed by atoms with Crippen molar-refractivity contribution in [2.45, 2.75) is 25.9 Å². The lowest BCUT2D eigenvalue weighted by atomic mass is 10.1. The first-order valence-electron chi connectivity index (χ1n) is 9.00. The molecular weight excluding hydrogens is 424 g/mol. The average Bonchev–Trinajstić information content (AvgIpc) is 2.73. The van der Waals surface area contributed by atoms with Crippen LogP contribution in [-0.2, 0) is 16.1 Å². The zero-order valence-electron chi connectivity index (χ0n) is 16.3. The minimum atomic E-state index is -0.576. The van der Waals surface area contributed by atoms with E-state index in [9.17, 15) is 9.59 Å². The number of amides is 2. The van der Waals surface area contributed by atoms with Crippen LogP contribution in [0.15, 0.2) is 53.0 Å². The Kier molecular flexibility index (Phi) is 8.32. The standard InChI is InChI=1S/C21H25BrN2O4/c1-4-19(21(26)23-2)24(13-15-5-9-17(27-3)10-6-15)20(25)14-28-18-11-7-16(22)8-12-18/h5-12,19H,4,13-14H2,1-3H3,(H,23,26)/t19-/m1/s1. The van der Waals surface area contributed by atoms with Crippen molar-refractivity contribution in [1.82, 2.24) is 10.2 Å². The summed E-state index contributed by atoms with van der Waals surface area (Å²) < 4.78 is 11.7. The summed E-state index contributed by atoms with van der Waals surface area (Å²) in [7, 11) is 3.17. The molecule has 0 saturated carbocycles. The highest BCUT2D eigenvalue weighted by Gasteiger charge is 2.28. The molecule has 2 aromatic rings. The molecule has 2 aromatic carbocycles. The van der Waals surface area contributed by atoms with E-state index in [1.807, 2.05) is 43.3 Å². The first-order valence-corrected chi connectivity index (χ1v) is 9.80. The minimum absolute atomic E-state index is 0.148. The van der Waals surface area contributed by atoms with Gasteiger partial charge in [0.25, 0.3) is 5.91 Å². The van der Waals surface area contributed by atoms with Gasteiger partial charge in [-0.3, -0.25) is 9.59 Å². The lowest BCUT2D eigenvalue weighted by molar-refractivity contribution is -0.142. The molecule has 0 aromatic heterocycles. The highest BCUT2D eigenvalue weighted by Crippen LogP contribution is 2.18. The molecule has 28 heavy (non-hydrogen) atoms. The van der Waals surface area contributed by atoms with Crippen molar-refractivity contribution in [3.8, 4) is 11.5 Å². The zero-order chi connectivity index (χ0) is 20.5. The summed E-state index contributed by atoms with van der Waals surface area (Å²) in [6.07, 6.45) is 0.500. The summed E-state index contributed by atoms with van der Waals surface area (Å²) >= 11 is 3.36. The van der Waals surface area contributed by atoms with Gasteiger partial charge in [-0.1, -0.05) is 35.0 Å². The topological polar surface area (TPSA) is 67.9 Å². The second kappa shape index (κ2) is 10.7. The van der Waals surface area contributed by atoms with Gasteiger partial charge < -0.3 is 19.7 Å². The Bertz CT molecular complexity index is 778. The Morgan fingerprint density at radius 1 is 1.07 bits per heavy atom. The zero-order valence-corrected chi connectivity index (χ0v) is 17.9. The van der Waals surface area contributed by atoms with E-state index < -0.39 is 6.04 Å². The summed E-state index contributed by atoms with van der Waals surface area (Å²) in [6.45, 7) is 2.04. The van der Waals surface area contributed by atoms with E-state index in [1.54, 1.807) is 31.2 Å². The molecule has 0 saturated heterocycles. The number of rotatable bonds is 9. The van der Waals surface area contributed by atoms with E-state index in [-0.39, 0.29) is 18.4 Å². The number of methoxy groups -OCH3 is 1. The Labute approximate surface area is 174 Å². The van der Waals surface area contributed by atoms with Gasteiger partial charge in [-0.15, -0.1) is 0 Å². The summed E-state index contributed by atoms with van der Waals surface area (Å²) in [4.78, 5) is 26.8. The maximum Gasteiger partial charge on any atom is 0.261 e. The van der Waals surface area contributed by atoms with Gasteiger partial charge >= 0.3 is 0 Å². The number of halogens is 1. The SMILES string of the molecule is CC[C@H](C(=O)NC)N(Cc1ccc(OC)cc1)C(=O)COc1ccc(Br)cc1. The highest BCUT2D eigenvalue weighted by atomic mass is 79.9. The Hall–Kier alpha value is -2.54. The first-order chi connectivity index (χ1) is 13.5. The van der Waals surface area contributed by atoms with Crippen molar-refractivity contribution < 1.29 is 19.1 Å². The van der Waals surface area contributed by atoms with Crippen molar-refractivity contribution in [2.75, 3.05) is 20.8 Å². The normalized spacial score (nSPS) is 11.4. The number of nitrogens with zero attached hydrogens (tertiary/aromatic N) is 1. The van der Waals surface area contributed by atoms with Crippen LogP contribution >= 0.6 is 15.9 Å². The molecule has 0 fully saturated rings. The molecule has 0 aliphatic rings. The van der Waals surface area contributed by atoms with Gasteiger partial charge in [0.2, 0.25) is 5.91 Å². The van der Waals surface area contributed by atoms with Gasteiger partial charge in [0, 0.05) is 18.1 Å². The molecule has 0 radical (unpaired) electrons. The summed E-state index contributed by atoms with van der Waals surface area (Å²) in [5, 5.41) is 2.64. The molecule has 7 heteroatoms. The molecule has 1 atom stereocenters. The molecule has 0 heterocycles. The average molecular weight is 449 g/mol. The van der Waals surface area contributed by atoms with Gasteiger partial charge in [-0.25, -0.2) is 0 Å². The molecule has 0 bridgehead atoms. The largest absolute Gasteiger partial charge is 0.497 e. The van der Waals surface area contributed by atoms with E-state index >= 15 is 0 Å². The Morgan fingerprint density at radius 2 is 1.68 bits per heavy atom. The molecular formula is C21H25BrN2O4. The van der Waals surface area contributed by atoms with Crippen LogP contribution in [0.4, 0.5) is 0 Å². The third-order valence-corrected chi connectivity index (χ3v) is 4.85. The Balaban J connectivity index is 2.16. The number of hydrogen-bond donors (Lipinski definition) is 1. The fourth-order valence-electron chi connectivity index (χ4n) is 2.77. The lowest BCUT2D eigenvalue weighted by Gasteiger charge is -2.30. The summed E-state index contributed by atoms with van der Waals surface area (Å²) in [6, 6.07) is 14.1. The number of carbonyl (C=O) groups excluding carboxylic acids is 2. The first kappa shape index (κ1) is 21.8. The van der Waals surface area contributed by atoms with Crippen LogP contribution < -0.4 is 14.8 Å². The number of carbonyl (C=O) groups is 2. The van der Waals surface area contributed by atoms with E-state index in [0.717, 1.165) is 15.8 Å². The number of nitrogens with one attached hydrogen (secondary N) is 1. The van der Waals surface area contributed by atoms with Gasteiger partial charge in [-0.05, 0) is 48.4 Å². The molecule has 6 nitrogen and oxygen atoms in total. The van der Waals surface area contributed by atoms with Crippen LogP contribution in [0.2, 0.25) is 0 Å². The van der Waals surface area contributed by atoms with Crippen molar-refractivity contribution in [3.63, 3.8) is 0 Å². The molecule has 0 unspecified atom stereocenters. The Morgan fingerprint density at radius 3 is 2.21 bits per heavy atom. The second-order valence-electron chi connectivity index (χ2n) is 6.15. The molecule has 1 N–H and O–H groups in total. The molecule has 2 rings (SSSR count). The van der Waals surface area contributed by atoms with E-state index in [2.05, 4.69) is 21.2 Å². The molecule has 0 spiro atoms. The van der Waals surface area contributed by atoms with Gasteiger partial charge in [0.1, 0.15) is 17.5 Å². The van der Waals surface area contributed by atoms with Crippen molar-refractivity contribution in [3.05, 3.63) is 58.6 Å². The van der Waals surface area contributed by atoms with Gasteiger partial charge in [0.15, 0.2) is 6.61 Å². The van der Waals surface area contributed by atoms with Crippen molar-refractivity contribution in [2.24, 2.45) is 0 Å². The number of hydrogen-bond acceptors (Lipinski definition) is 4. The van der Waals surface area contributed by atoms with Gasteiger partial charge in [0.05, 0.1) is 7.11 Å². The number of benzene rings is 2. The predicted molar refractivity (Wildman–Crippen MR) is 111 cm³/mol. The highest BCUT2D eigenvalue weighted by molar-refractivity contribution is 9.10. The van der Waals surface area contributed by atoms with E-state index in [1.165, 1.54) is 0 Å². The van der Waals surface area contributed by atoms with E-state index in [0.29, 0.717) is 18.7 Å². The van der Waals surface area contributed by atoms with Crippen molar-refractivity contribution in [1.29, 1.82) is 0 Å². The molecule has 150 valence electrons. The third-order valence-electron chi connectivity index (χ3n) is 4.32. The van der Waals surface area contributed by atoms with Crippen molar-refractivity contribution >= 4 is 27.7 Å². The smallest absolute Gasteiger partial charge is 0.261 e. The third kappa shape index (κ3) is 5.99.